The summed E-state index contributed by atoms with van der Waals surface area (Å²) in [6, 6.07) is 7.15. The first-order valence-electron chi connectivity index (χ1n) is 19.2. The van der Waals surface area contributed by atoms with Crippen LogP contribution in [0.4, 0.5) is 5.69 Å². The Labute approximate surface area is 330 Å². The molecule has 1 aromatic carbocycles. The van der Waals surface area contributed by atoms with Crippen LogP contribution in [0.2, 0.25) is 0 Å². The Morgan fingerprint density at radius 3 is 1.07 bits per heavy atom. The number of carbonyl (C=O) groups is 3. The van der Waals surface area contributed by atoms with Crippen molar-refractivity contribution in [1.82, 2.24) is 0 Å². The Kier molecular flexibility index (Phi) is 36.6. The fourth-order valence-corrected chi connectivity index (χ4v) is 4.19. The number of carboxylic acids is 1. The van der Waals surface area contributed by atoms with Crippen LogP contribution in [-0.4, -0.2) is 182 Å². The molecule has 0 aliphatic carbocycles. The number of aliphatic carboxylic acids is 1. The van der Waals surface area contributed by atoms with Crippen LogP contribution in [0.1, 0.15) is 32.6 Å². The van der Waals surface area contributed by atoms with Crippen LogP contribution in [0.25, 0.3) is 0 Å². The van der Waals surface area contributed by atoms with Crippen molar-refractivity contribution < 1.29 is 81.1 Å². The molecule has 0 spiro atoms. The number of ether oxygens (including phenoxy) is 13. The molecule has 18 heteroatoms. The lowest BCUT2D eigenvalue weighted by molar-refractivity contribution is -0.146. The molecule has 1 amide bonds. The molecule has 0 atom stereocenters. The predicted molar refractivity (Wildman–Crippen MR) is 202 cm³/mol. The number of unbranched alkanes of at least 4 members (excludes halogenated alkanes) is 1. The van der Waals surface area contributed by atoms with Crippen molar-refractivity contribution >= 4 is 23.5 Å². The summed E-state index contributed by atoms with van der Waals surface area (Å²) >= 11 is 0. The second-order valence-electron chi connectivity index (χ2n) is 11.6. The van der Waals surface area contributed by atoms with Gasteiger partial charge in [0.15, 0.2) is 0 Å². The van der Waals surface area contributed by atoms with E-state index in [1.165, 1.54) is 6.92 Å². The summed E-state index contributed by atoms with van der Waals surface area (Å²) in [6.45, 7) is 12.0. The first-order valence-corrected chi connectivity index (χ1v) is 19.2. The second kappa shape index (κ2) is 40.2. The van der Waals surface area contributed by atoms with Gasteiger partial charge < -0.3 is 72.0 Å². The average Bonchev–Trinajstić information content (AvgIpc) is 3.18. The van der Waals surface area contributed by atoms with Gasteiger partial charge in [-0.25, -0.2) is 0 Å². The molecule has 0 saturated carbocycles. The van der Waals surface area contributed by atoms with E-state index in [9.17, 15) is 14.4 Å². The minimum absolute atomic E-state index is 0.0556. The second-order valence-corrected chi connectivity index (χ2v) is 11.6. The number of carbonyl (C=O) groups excluding carboxylic acids is 2. The number of esters is 1. The molecule has 1 aromatic rings. The van der Waals surface area contributed by atoms with Crippen LogP contribution in [0, 0.1) is 0 Å². The molecular formula is C38H65NO17. The molecule has 1 rings (SSSR count). The third-order valence-corrected chi connectivity index (χ3v) is 6.90. The van der Waals surface area contributed by atoms with E-state index in [-0.39, 0.29) is 37.9 Å². The summed E-state index contributed by atoms with van der Waals surface area (Å²) in [4.78, 5) is 33.0. The van der Waals surface area contributed by atoms with Crippen molar-refractivity contribution in [1.29, 1.82) is 0 Å². The summed E-state index contributed by atoms with van der Waals surface area (Å²) in [5, 5.41) is 11.3. The summed E-state index contributed by atoms with van der Waals surface area (Å²) < 4.78 is 70.7. The Morgan fingerprint density at radius 2 is 0.750 bits per heavy atom. The van der Waals surface area contributed by atoms with Crippen molar-refractivity contribution in [2.45, 2.75) is 32.6 Å². The monoisotopic (exact) mass is 807 g/mol. The Hall–Kier alpha value is -3.01. The topological polar surface area (TPSA) is 203 Å². The number of rotatable bonds is 43. The first kappa shape index (κ1) is 51.0. The van der Waals surface area contributed by atoms with Gasteiger partial charge in [-0.2, -0.15) is 0 Å². The third-order valence-electron chi connectivity index (χ3n) is 6.90. The van der Waals surface area contributed by atoms with Crippen LogP contribution in [0.15, 0.2) is 24.3 Å². The van der Waals surface area contributed by atoms with E-state index >= 15 is 0 Å². The third kappa shape index (κ3) is 37.9. The Morgan fingerprint density at radius 1 is 0.446 bits per heavy atom. The fourth-order valence-electron chi connectivity index (χ4n) is 4.19. The fraction of sp³-hybridized carbons (Fsp3) is 0.763. The van der Waals surface area contributed by atoms with Crippen molar-refractivity contribution in [3.63, 3.8) is 0 Å². The number of anilines is 1. The molecule has 0 bridgehead atoms. The molecule has 0 unspecified atom stereocenters. The molecule has 2 N–H and O–H groups in total. The maximum atomic E-state index is 11.5. The minimum atomic E-state index is -0.867. The van der Waals surface area contributed by atoms with Crippen LogP contribution in [0.3, 0.4) is 0 Å². The van der Waals surface area contributed by atoms with Gasteiger partial charge in [0.05, 0.1) is 145 Å². The van der Waals surface area contributed by atoms with E-state index in [1.807, 2.05) is 0 Å². The van der Waals surface area contributed by atoms with Gasteiger partial charge in [-0.1, -0.05) is 0 Å². The van der Waals surface area contributed by atoms with E-state index in [0.717, 1.165) is 5.69 Å². The zero-order valence-corrected chi connectivity index (χ0v) is 33.1. The van der Waals surface area contributed by atoms with Gasteiger partial charge >= 0.3 is 11.9 Å². The molecule has 0 fully saturated rings. The molecule has 0 aliphatic rings. The molecule has 324 valence electrons. The SMILES string of the molecule is CC(=O)Nc1ccc(OCCOCCOCCOCCOCCOCCOCCOCCOCCOCCOCCOCCOC(=O)CCCCC(=O)O)cc1. The highest BCUT2D eigenvalue weighted by Gasteiger charge is 2.04. The highest BCUT2D eigenvalue weighted by molar-refractivity contribution is 5.88. The van der Waals surface area contributed by atoms with Crippen LogP contribution in [0.5, 0.6) is 5.75 Å². The standard InChI is InChI=1S/C38H65NO17/c1-34(40)39-35-6-8-36(9-7-35)55-32-30-53-28-26-51-24-22-49-20-18-47-16-14-45-12-10-44-11-13-46-15-17-48-19-21-50-23-25-52-27-29-54-31-33-56-38(43)5-3-2-4-37(41)42/h6-9H,2-5,10-33H2,1H3,(H,39,40)(H,41,42). The van der Waals surface area contributed by atoms with E-state index in [2.05, 4.69) is 5.32 Å². The smallest absolute Gasteiger partial charge is 0.305 e. The van der Waals surface area contributed by atoms with Gasteiger partial charge in [0.25, 0.3) is 0 Å². The lowest BCUT2D eigenvalue weighted by atomic mass is 10.2. The lowest BCUT2D eigenvalue weighted by Gasteiger charge is -2.09. The van der Waals surface area contributed by atoms with Gasteiger partial charge in [-0.05, 0) is 37.1 Å². The van der Waals surface area contributed by atoms with E-state index < -0.39 is 5.97 Å². The summed E-state index contributed by atoms with van der Waals surface area (Å²) in [6.07, 6.45) is 1.22. The number of hydrogen-bond acceptors (Lipinski definition) is 16. The maximum absolute atomic E-state index is 11.5. The quantitative estimate of drug-likeness (QED) is 0.0719. The maximum Gasteiger partial charge on any atom is 0.305 e. The van der Waals surface area contributed by atoms with Crippen LogP contribution >= 0.6 is 0 Å². The molecule has 0 aliphatic heterocycles. The van der Waals surface area contributed by atoms with Gasteiger partial charge in [0, 0.05) is 25.5 Å². The van der Waals surface area contributed by atoms with Gasteiger partial charge in [0.2, 0.25) is 5.91 Å². The van der Waals surface area contributed by atoms with E-state index in [4.69, 9.17) is 66.7 Å². The Bertz CT molecular complexity index is 1050. The number of amides is 1. The van der Waals surface area contributed by atoms with Gasteiger partial charge in [0.1, 0.15) is 19.0 Å². The molecule has 56 heavy (non-hydrogen) atoms. The lowest BCUT2D eigenvalue weighted by Crippen LogP contribution is -2.16. The van der Waals surface area contributed by atoms with E-state index in [0.29, 0.717) is 164 Å². The largest absolute Gasteiger partial charge is 0.491 e. The number of benzene rings is 1. The molecule has 0 aromatic heterocycles. The normalized spacial score (nSPS) is 11.2. The van der Waals surface area contributed by atoms with Crippen LogP contribution in [-0.2, 0) is 71.2 Å². The van der Waals surface area contributed by atoms with Gasteiger partial charge in [-0.15, -0.1) is 0 Å². The molecular weight excluding hydrogens is 742 g/mol. The molecule has 0 heterocycles. The van der Waals surface area contributed by atoms with Crippen molar-refractivity contribution in [3.8, 4) is 5.75 Å². The van der Waals surface area contributed by atoms with E-state index in [1.54, 1.807) is 24.3 Å². The highest BCUT2D eigenvalue weighted by atomic mass is 16.6. The highest BCUT2D eigenvalue weighted by Crippen LogP contribution is 2.15. The first-order chi connectivity index (χ1) is 27.5. The van der Waals surface area contributed by atoms with Gasteiger partial charge in [-0.3, -0.25) is 14.4 Å². The summed E-state index contributed by atoms with van der Waals surface area (Å²) in [7, 11) is 0. The van der Waals surface area contributed by atoms with Crippen molar-refractivity contribution in [2.75, 3.05) is 164 Å². The number of hydrogen-bond donors (Lipinski definition) is 2. The van der Waals surface area contributed by atoms with Crippen LogP contribution < -0.4 is 10.1 Å². The van der Waals surface area contributed by atoms with Crippen molar-refractivity contribution in [2.24, 2.45) is 0 Å². The summed E-state index contributed by atoms with van der Waals surface area (Å²) in [5.41, 5.74) is 0.724. The zero-order valence-electron chi connectivity index (χ0n) is 33.1. The van der Waals surface area contributed by atoms with Crippen molar-refractivity contribution in [3.05, 3.63) is 24.3 Å². The number of carboxylic acid groups (broad SMARTS) is 1. The molecule has 18 nitrogen and oxygen atoms in total. The minimum Gasteiger partial charge on any atom is -0.491 e. The average molecular weight is 808 g/mol. The number of nitrogens with one attached hydrogen (secondary N) is 1. The molecule has 0 radical (unpaired) electrons. The Balaban J connectivity index is 1.65. The zero-order chi connectivity index (χ0) is 40.4. The molecule has 0 saturated heterocycles. The predicted octanol–water partition coefficient (Wildman–Crippen LogP) is 2.39. The summed E-state index contributed by atoms with van der Waals surface area (Å²) in [5.74, 6) is -0.624.